The van der Waals surface area contributed by atoms with Gasteiger partial charge in [0, 0.05) is 23.4 Å². The van der Waals surface area contributed by atoms with Gasteiger partial charge in [-0.25, -0.2) is 14.5 Å². The standard InChI is InChI=1S/C21H14F3N5O2/c1-30-17-6-4-12(7-18(17)31-2)15-8-19(21(22,23)24)29-20(27-15)9-16(28-29)13-3-5-14(10-25)26-11-13/h3-9,11H,1-2H3. The maximum absolute atomic E-state index is 13.8. The van der Waals surface area contributed by atoms with Crippen LogP contribution in [0.15, 0.2) is 48.7 Å². The molecule has 0 aliphatic carbocycles. The molecule has 0 amide bonds. The molecule has 0 N–H and O–H groups in total. The summed E-state index contributed by atoms with van der Waals surface area (Å²) in [6.45, 7) is 0. The Morgan fingerprint density at radius 2 is 1.68 bits per heavy atom. The van der Waals surface area contributed by atoms with Crippen molar-refractivity contribution in [3.8, 4) is 40.1 Å². The third kappa shape index (κ3) is 3.73. The summed E-state index contributed by atoms with van der Waals surface area (Å²) in [5.41, 5.74) is 0.467. The van der Waals surface area contributed by atoms with Gasteiger partial charge >= 0.3 is 6.18 Å². The normalized spacial score (nSPS) is 11.4. The number of methoxy groups -OCH3 is 2. The summed E-state index contributed by atoms with van der Waals surface area (Å²) in [7, 11) is 2.91. The fraction of sp³-hybridized carbons (Fsp3) is 0.143. The highest BCUT2D eigenvalue weighted by Gasteiger charge is 2.35. The number of halogens is 3. The Morgan fingerprint density at radius 3 is 2.29 bits per heavy atom. The van der Waals surface area contributed by atoms with E-state index >= 15 is 0 Å². The lowest BCUT2D eigenvalue weighted by Gasteiger charge is -2.12. The Balaban J connectivity index is 1.89. The molecule has 7 nitrogen and oxygen atoms in total. The first-order chi connectivity index (χ1) is 14.8. The molecule has 3 aromatic heterocycles. The van der Waals surface area contributed by atoms with Crippen LogP contribution >= 0.6 is 0 Å². The third-order valence-electron chi connectivity index (χ3n) is 4.57. The van der Waals surface area contributed by atoms with E-state index in [0.29, 0.717) is 22.6 Å². The van der Waals surface area contributed by atoms with Gasteiger partial charge in [-0.15, -0.1) is 0 Å². The molecule has 4 rings (SSSR count). The molecule has 0 bridgehead atoms. The number of aromatic nitrogens is 4. The summed E-state index contributed by atoms with van der Waals surface area (Å²) in [5.74, 6) is 0.816. The zero-order valence-electron chi connectivity index (χ0n) is 16.3. The van der Waals surface area contributed by atoms with E-state index in [1.165, 1.54) is 32.5 Å². The number of nitrogens with zero attached hydrogens (tertiary/aromatic N) is 5. The van der Waals surface area contributed by atoms with Gasteiger partial charge in [0.1, 0.15) is 11.8 Å². The topological polar surface area (TPSA) is 85.3 Å². The second-order valence-electron chi connectivity index (χ2n) is 6.44. The molecule has 4 aromatic rings. The predicted octanol–water partition coefficient (Wildman–Crippen LogP) is 4.37. The van der Waals surface area contributed by atoms with Crippen LogP contribution in [0.1, 0.15) is 11.4 Å². The van der Waals surface area contributed by atoms with Crippen LogP contribution in [0.5, 0.6) is 11.5 Å². The first-order valence-electron chi connectivity index (χ1n) is 8.91. The zero-order chi connectivity index (χ0) is 22.2. The van der Waals surface area contributed by atoms with E-state index in [4.69, 9.17) is 14.7 Å². The SMILES string of the molecule is COc1ccc(-c2cc(C(F)(F)F)n3nc(-c4ccc(C#N)nc4)cc3n2)cc1OC. The van der Waals surface area contributed by atoms with E-state index in [0.717, 1.165) is 10.6 Å². The number of nitriles is 1. The maximum atomic E-state index is 13.8. The first-order valence-corrected chi connectivity index (χ1v) is 8.91. The molecule has 0 fully saturated rings. The fourth-order valence-corrected chi connectivity index (χ4v) is 3.07. The monoisotopic (exact) mass is 425 g/mol. The largest absolute Gasteiger partial charge is 0.493 e. The molecule has 0 radical (unpaired) electrons. The molecule has 0 saturated carbocycles. The molecular formula is C21H14F3N5O2. The lowest BCUT2D eigenvalue weighted by Crippen LogP contribution is -2.13. The van der Waals surface area contributed by atoms with Crippen LogP contribution in [0, 0.1) is 11.3 Å². The van der Waals surface area contributed by atoms with Crippen LogP contribution < -0.4 is 9.47 Å². The highest BCUT2D eigenvalue weighted by atomic mass is 19.4. The average Bonchev–Trinajstić information content (AvgIpc) is 3.21. The molecule has 0 unspecified atom stereocenters. The van der Waals surface area contributed by atoms with Crippen LogP contribution in [0.25, 0.3) is 28.2 Å². The minimum absolute atomic E-state index is 0.0129. The van der Waals surface area contributed by atoms with Crippen molar-refractivity contribution in [1.29, 1.82) is 5.26 Å². The van der Waals surface area contributed by atoms with Gasteiger partial charge in [-0.05, 0) is 36.4 Å². The Kier molecular flexibility index (Phi) is 4.94. The molecule has 0 spiro atoms. The molecule has 0 aliphatic heterocycles. The van der Waals surface area contributed by atoms with Gasteiger partial charge in [0.15, 0.2) is 22.8 Å². The number of rotatable bonds is 4. The van der Waals surface area contributed by atoms with Gasteiger partial charge in [-0.3, -0.25) is 0 Å². The molecule has 0 saturated heterocycles. The zero-order valence-corrected chi connectivity index (χ0v) is 16.3. The number of pyridine rings is 1. The van der Waals surface area contributed by atoms with Crippen LogP contribution in [0.3, 0.4) is 0 Å². The van der Waals surface area contributed by atoms with Gasteiger partial charge in [0.2, 0.25) is 0 Å². The second-order valence-corrected chi connectivity index (χ2v) is 6.44. The van der Waals surface area contributed by atoms with Crippen molar-refractivity contribution in [2.75, 3.05) is 14.2 Å². The summed E-state index contributed by atoms with van der Waals surface area (Å²) >= 11 is 0. The van der Waals surface area contributed by atoms with Gasteiger partial charge < -0.3 is 9.47 Å². The van der Waals surface area contributed by atoms with E-state index in [2.05, 4.69) is 15.1 Å². The molecule has 1 aromatic carbocycles. The van der Waals surface area contributed by atoms with Crippen molar-refractivity contribution < 1.29 is 22.6 Å². The van der Waals surface area contributed by atoms with E-state index in [1.54, 1.807) is 24.3 Å². The third-order valence-corrected chi connectivity index (χ3v) is 4.57. The van der Waals surface area contributed by atoms with Gasteiger partial charge in [0.25, 0.3) is 0 Å². The number of ether oxygens (including phenoxy) is 2. The number of alkyl halides is 3. The smallest absolute Gasteiger partial charge is 0.433 e. The van der Waals surface area contributed by atoms with E-state index in [-0.39, 0.29) is 22.7 Å². The summed E-state index contributed by atoms with van der Waals surface area (Å²) in [6, 6.07) is 12.0. The van der Waals surface area contributed by atoms with Crippen molar-refractivity contribution in [1.82, 2.24) is 19.6 Å². The summed E-state index contributed by atoms with van der Waals surface area (Å²) in [5, 5.41) is 12.9. The Bertz CT molecular complexity index is 1310. The molecule has 31 heavy (non-hydrogen) atoms. The predicted molar refractivity (Wildman–Crippen MR) is 104 cm³/mol. The fourth-order valence-electron chi connectivity index (χ4n) is 3.07. The quantitative estimate of drug-likeness (QED) is 0.483. The number of benzene rings is 1. The Labute approximate surface area is 174 Å². The Hall–Kier alpha value is -4.13. The van der Waals surface area contributed by atoms with E-state index in [1.807, 2.05) is 6.07 Å². The first kappa shape index (κ1) is 20.2. The number of hydrogen-bond acceptors (Lipinski definition) is 6. The average molecular weight is 425 g/mol. The highest BCUT2D eigenvalue weighted by Crippen LogP contribution is 2.36. The minimum atomic E-state index is -4.67. The molecule has 10 heteroatoms. The number of hydrogen-bond donors (Lipinski definition) is 0. The van der Waals surface area contributed by atoms with Crippen LogP contribution in [0.4, 0.5) is 13.2 Å². The van der Waals surface area contributed by atoms with E-state index < -0.39 is 11.9 Å². The van der Waals surface area contributed by atoms with Crippen molar-refractivity contribution in [2.24, 2.45) is 0 Å². The summed E-state index contributed by atoms with van der Waals surface area (Å²) < 4.78 is 52.6. The van der Waals surface area contributed by atoms with Crippen molar-refractivity contribution in [2.45, 2.75) is 6.18 Å². The molecule has 0 aliphatic rings. The van der Waals surface area contributed by atoms with Gasteiger partial charge in [-0.1, -0.05) is 0 Å². The molecule has 0 atom stereocenters. The van der Waals surface area contributed by atoms with Crippen molar-refractivity contribution in [3.63, 3.8) is 0 Å². The lowest BCUT2D eigenvalue weighted by atomic mass is 10.1. The number of fused-ring (bicyclic) bond motifs is 1. The van der Waals surface area contributed by atoms with Crippen molar-refractivity contribution in [3.05, 3.63) is 60.0 Å². The maximum Gasteiger partial charge on any atom is 0.433 e. The highest BCUT2D eigenvalue weighted by molar-refractivity contribution is 5.69. The van der Waals surface area contributed by atoms with Gasteiger partial charge in [-0.2, -0.15) is 23.5 Å². The summed E-state index contributed by atoms with van der Waals surface area (Å²) in [4.78, 5) is 8.30. The van der Waals surface area contributed by atoms with Crippen LogP contribution in [0.2, 0.25) is 0 Å². The molecular weight excluding hydrogens is 411 g/mol. The van der Waals surface area contributed by atoms with Crippen LogP contribution in [-0.2, 0) is 6.18 Å². The van der Waals surface area contributed by atoms with Crippen molar-refractivity contribution >= 4 is 5.65 Å². The minimum Gasteiger partial charge on any atom is -0.493 e. The van der Waals surface area contributed by atoms with E-state index in [9.17, 15) is 13.2 Å². The van der Waals surface area contributed by atoms with Crippen LogP contribution in [-0.4, -0.2) is 33.8 Å². The second kappa shape index (κ2) is 7.60. The lowest BCUT2D eigenvalue weighted by molar-refractivity contribution is -0.142. The Morgan fingerprint density at radius 1 is 0.935 bits per heavy atom. The van der Waals surface area contributed by atoms with Gasteiger partial charge in [0.05, 0.1) is 25.6 Å². The molecule has 3 heterocycles. The summed E-state index contributed by atoms with van der Waals surface area (Å²) in [6.07, 6.45) is -3.29. The molecule has 156 valence electrons.